The van der Waals surface area contributed by atoms with E-state index >= 15 is 0 Å². The summed E-state index contributed by atoms with van der Waals surface area (Å²) in [7, 11) is 1.73. The second-order valence-electron chi connectivity index (χ2n) is 5.75. The van der Waals surface area contributed by atoms with E-state index in [-0.39, 0.29) is 0 Å². The third-order valence-corrected chi connectivity index (χ3v) is 3.93. The van der Waals surface area contributed by atoms with Gasteiger partial charge < -0.3 is 10.1 Å². The molecule has 0 aliphatic heterocycles. The van der Waals surface area contributed by atoms with Gasteiger partial charge in [-0.2, -0.15) is 5.10 Å². The van der Waals surface area contributed by atoms with E-state index in [1.807, 2.05) is 6.20 Å². The monoisotopic (exact) mass is 285 g/mol. The summed E-state index contributed by atoms with van der Waals surface area (Å²) in [6.45, 7) is 4.59. The largest absolute Gasteiger partial charge is 0.383 e. The van der Waals surface area contributed by atoms with Crippen LogP contribution < -0.4 is 5.32 Å². The average molecular weight is 285 g/mol. The van der Waals surface area contributed by atoms with E-state index in [0.717, 1.165) is 25.4 Å². The Hall–Kier alpha value is -1.65. The lowest BCUT2D eigenvalue weighted by atomic mass is 10.1. The van der Waals surface area contributed by atoms with Crippen LogP contribution in [0.5, 0.6) is 0 Å². The van der Waals surface area contributed by atoms with E-state index < -0.39 is 0 Å². The Bertz CT molecular complexity index is 585. The maximum atomic E-state index is 5.07. The molecular formula is C17H23N3O. The van der Waals surface area contributed by atoms with Crippen LogP contribution in [-0.4, -0.2) is 30.0 Å². The zero-order chi connectivity index (χ0) is 14.7. The van der Waals surface area contributed by atoms with Crippen molar-refractivity contribution in [3.05, 3.63) is 47.3 Å². The molecule has 1 aliphatic carbocycles. The number of ether oxygens (including phenoxy) is 1. The zero-order valence-corrected chi connectivity index (χ0v) is 12.8. The molecule has 1 saturated carbocycles. The third kappa shape index (κ3) is 3.34. The van der Waals surface area contributed by atoms with Gasteiger partial charge in [-0.25, -0.2) is 4.68 Å². The first-order valence-electron chi connectivity index (χ1n) is 7.63. The van der Waals surface area contributed by atoms with Gasteiger partial charge in [-0.1, -0.05) is 17.7 Å². The quantitative estimate of drug-likeness (QED) is 0.795. The van der Waals surface area contributed by atoms with Gasteiger partial charge in [-0.15, -0.1) is 0 Å². The van der Waals surface area contributed by atoms with E-state index in [9.17, 15) is 0 Å². The fourth-order valence-electron chi connectivity index (χ4n) is 2.61. The minimum absolute atomic E-state index is 0.674. The number of nitrogens with zero attached hydrogens (tertiary/aromatic N) is 2. The highest BCUT2D eigenvalue weighted by atomic mass is 16.5. The van der Waals surface area contributed by atoms with Gasteiger partial charge in [0.2, 0.25) is 0 Å². The second-order valence-corrected chi connectivity index (χ2v) is 5.75. The molecule has 112 valence electrons. The van der Waals surface area contributed by atoms with Crippen LogP contribution in [-0.2, 0) is 11.3 Å². The van der Waals surface area contributed by atoms with Gasteiger partial charge >= 0.3 is 0 Å². The Balaban J connectivity index is 1.81. The van der Waals surface area contributed by atoms with Crippen molar-refractivity contribution in [3.63, 3.8) is 0 Å². The van der Waals surface area contributed by atoms with Crippen LogP contribution in [0.15, 0.2) is 30.5 Å². The van der Waals surface area contributed by atoms with Gasteiger partial charge in [0.25, 0.3) is 0 Å². The van der Waals surface area contributed by atoms with Crippen molar-refractivity contribution in [2.45, 2.75) is 32.2 Å². The predicted octanol–water partition coefficient (Wildman–Crippen LogP) is 2.79. The lowest BCUT2D eigenvalue weighted by molar-refractivity contribution is 0.199. The van der Waals surface area contributed by atoms with Gasteiger partial charge in [0.05, 0.1) is 24.2 Å². The molecule has 1 fully saturated rings. The van der Waals surface area contributed by atoms with Gasteiger partial charge in [0, 0.05) is 31.7 Å². The maximum absolute atomic E-state index is 5.07. The predicted molar refractivity (Wildman–Crippen MR) is 83.9 cm³/mol. The molecule has 0 saturated heterocycles. The normalized spacial score (nSPS) is 14.6. The van der Waals surface area contributed by atoms with Gasteiger partial charge in [0.1, 0.15) is 0 Å². The molecule has 0 unspecified atom stereocenters. The van der Waals surface area contributed by atoms with E-state index in [1.165, 1.54) is 29.7 Å². The molecule has 0 radical (unpaired) electrons. The van der Waals surface area contributed by atoms with Gasteiger partial charge in [-0.05, 0) is 31.9 Å². The lowest BCUT2D eigenvalue weighted by Crippen LogP contribution is -2.19. The van der Waals surface area contributed by atoms with Crippen LogP contribution in [0.3, 0.4) is 0 Å². The zero-order valence-electron chi connectivity index (χ0n) is 12.8. The van der Waals surface area contributed by atoms with Crippen molar-refractivity contribution in [1.29, 1.82) is 0 Å². The molecule has 1 aliphatic rings. The standard InChI is InChI=1S/C17H23N3O/c1-13-3-7-16(8-4-13)20-17(14-5-6-14)15(12-19-20)11-18-9-10-21-2/h3-4,7-8,12,14,18H,5-6,9-11H2,1-2H3. The Morgan fingerprint density at radius 1 is 1.29 bits per heavy atom. The van der Waals surface area contributed by atoms with Crippen molar-refractivity contribution in [2.75, 3.05) is 20.3 Å². The Kier molecular flexibility index (Phi) is 4.36. The van der Waals surface area contributed by atoms with Gasteiger partial charge in [0.15, 0.2) is 0 Å². The number of aromatic nitrogens is 2. The number of methoxy groups -OCH3 is 1. The van der Waals surface area contributed by atoms with E-state index in [1.54, 1.807) is 7.11 Å². The van der Waals surface area contributed by atoms with Crippen LogP contribution in [0.1, 0.15) is 35.6 Å². The Morgan fingerprint density at radius 2 is 2.05 bits per heavy atom. The molecule has 4 nitrogen and oxygen atoms in total. The summed E-state index contributed by atoms with van der Waals surface area (Å²) in [4.78, 5) is 0. The summed E-state index contributed by atoms with van der Waals surface area (Å²) in [5.41, 5.74) is 5.13. The van der Waals surface area contributed by atoms with Crippen molar-refractivity contribution in [1.82, 2.24) is 15.1 Å². The molecule has 2 aromatic rings. The molecule has 4 heteroatoms. The molecular weight excluding hydrogens is 262 g/mol. The van der Waals surface area contributed by atoms with Crippen molar-refractivity contribution < 1.29 is 4.74 Å². The number of rotatable bonds is 7. The highest BCUT2D eigenvalue weighted by Crippen LogP contribution is 2.42. The van der Waals surface area contributed by atoms with Crippen LogP contribution in [0.4, 0.5) is 0 Å². The van der Waals surface area contributed by atoms with Crippen LogP contribution >= 0.6 is 0 Å². The van der Waals surface area contributed by atoms with Crippen molar-refractivity contribution in [3.8, 4) is 5.69 Å². The first kappa shape index (κ1) is 14.3. The van der Waals surface area contributed by atoms with Crippen LogP contribution in [0.25, 0.3) is 5.69 Å². The summed E-state index contributed by atoms with van der Waals surface area (Å²) >= 11 is 0. The number of aryl methyl sites for hydroxylation is 1. The average Bonchev–Trinajstić information content (AvgIpc) is 3.25. The number of benzene rings is 1. The summed E-state index contributed by atoms with van der Waals surface area (Å²) in [6, 6.07) is 8.58. The van der Waals surface area contributed by atoms with Crippen molar-refractivity contribution >= 4 is 0 Å². The highest BCUT2D eigenvalue weighted by molar-refractivity contribution is 5.39. The molecule has 1 heterocycles. The third-order valence-electron chi connectivity index (χ3n) is 3.93. The summed E-state index contributed by atoms with van der Waals surface area (Å²) < 4.78 is 7.19. The molecule has 0 atom stereocenters. The van der Waals surface area contributed by atoms with Crippen LogP contribution in [0.2, 0.25) is 0 Å². The Labute approximate surface area is 126 Å². The fraction of sp³-hybridized carbons (Fsp3) is 0.471. The lowest BCUT2D eigenvalue weighted by Gasteiger charge is -2.10. The summed E-state index contributed by atoms with van der Waals surface area (Å²) in [5, 5.41) is 8.04. The molecule has 21 heavy (non-hydrogen) atoms. The fourth-order valence-corrected chi connectivity index (χ4v) is 2.61. The molecule has 1 aromatic heterocycles. The molecule has 0 spiro atoms. The van der Waals surface area contributed by atoms with E-state index in [2.05, 4.69) is 46.3 Å². The summed E-state index contributed by atoms with van der Waals surface area (Å²) in [5.74, 6) is 0.674. The SMILES string of the molecule is COCCNCc1cnn(-c2ccc(C)cc2)c1C1CC1. The van der Waals surface area contributed by atoms with Crippen molar-refractivity contribution in [2.24, 2.45) is 0 Å². The molecule has 3 rings (SSSR count). The topological polar surface area (TPSA) is 39.1 Å². The van der Waals surface area contributed by atoms with E-state index in [0.29, 0.717) is 5.92 Å². The Morgan fingerprint density at radius 3 is 2.71 bits per heavy atom. The van der Waals surface area contributed by atoms with Crippen LogP contribution in [0, 0.1) is 6.92 Å². The number of hydrogen-bond acceptors (Lipinski definition) is 3. The number of hydrogen-bond donors (Lipinski definition) is 1. The second kappa shape index (κ2) is 6.41. The minimum atomic E-state index is 0.674. The first-order chi connectivity index (χ1) is 10.3. The minimum Gasteiger partial charge on any atom is -0.383 e. The highest BCUT2D eigenvalue weighted by Gasteiger charge is 2.30. The number of nitrogens with one attached hydrogen (secondary N) is 1. The first-order valence-corrected chi connectivity index (χ1v) is 7.63. The van der Waals surface area contributed by atoms with E-state index in [4.69, 9.17) is 4.74 Å². The molecule has 0 bridgehead atoms. The molecule has 1 aromatic carbocycles. The maximum Gasteiger partial charge on any atom is 0.0649 e. The molecule has 0 amide bonds. The summed E-state index contributed by atoms with van der Waals surface area (Å²) in [6.07, 6.45) is 4.57. The smallest absolute Gasteiger partial charge is 0.0649 e. The molecule has 1 N–H and O–H groups in total. The van der Waals surface area contributed by atoms with Gasteiger partial charge in [-0.3, -0.25) is 0 Å².